The Bertz CT molecular complexity index is 787. The van der Waals surface area contributed by atoms with E-state index >= 15 is 0 Å². The minimum Gasteiger partial charge on any atom is -0.480 e. The summed E-state index contributed by atoms with van der Waals surface area (Å²) in [6, 6.07) is 4.96. The number of aliphatic carboxylic acids is 1. The van der Waals surface area contributed by atoms with E-state index in [1.54, 1.807) is 30.3 Å². The van der Waals surface area contributed by atoms with E-state index in [1.165, 1.54) is 0 Å². The van der Waals surface area contributed by atoms with Crippen LogP contribution in [0.1, 0.15) is 18.4 Å². The first kappa shape index (κ1) is 25.5. The third-order valence-electron chi connectivity index (χ3n) is 4.18. The van der Waals surface area contributed by atoms with Gasteiger partial charge in [0, 0.05) is 12.8 Å². The van der Waals surface area contributed by atoms with E-state index in [0.717, 1.165) is 0 Å². The highest BCUT2D eigenvalue weighted by Gasteiger charge is 2.28. The molecule has 0 aromatic heterocycles. The van der Waals surface area contributed by atoms with Crippen molar-refractivity contribution in [3.63, 3.8) is 0 Å². The average molecular weight is 437 g/mol. The van der Waals surface area contributed by atoms with E-state index < -0.39 is 60.9 Å². The fourth-order valence-electron chi connectivity index (χ4n) is 2.53. The Hall–Kier alpha value is -3.51. The molecule has 31 heavy (non-hydrogen) atoms. The minimum absolute atomic E-state index is 0.0463. The smallest absolute Gasteiger partial charge is 0.322 e. The molecule has 3 unspecified atom stereocenters. The maximum atomic E-state index is 12.8. The van der Waals surface area contributed by atoms with Crippen molar-refractivity contribution in [3.05, 3.63) is 35.9 Å². The maximum absolute atomic E-state index is 12.8. The molecule has 170 valence electrons. The van der Waals surface area contributed by atoms with Gasteiger partial charge in [-0.15, -0.1) is 0 Å². The number of carbonyl (C=O) groups is 5. The van der Waals surface area contributed by atoms with E-state index in [4.69, 9.17) is 21.7 Å². The molecular weight excluding hydrogens is 410 g/mol. The van der Waals surface area contributed by atoms with Crippen molar-refractivity contribution in [2.45, 2.75) is 37.4 Å². The lowest BCUT2D eigenvalue weighted by atomic mass is 10.0. The van der Waals surface area contributed by atoms with Crippen LogP contribution in [0.15, 0.2) is 30.3 Å². The number of hydrogen-bond donors (Lipinski definition) is 7. The SMILES string of the molecule is NC(=O)CCC(NC(=O)C(N)CO)C(=O)NC(Cc1ccccc1)C(=O)NCC(=O)O. The summed E-state index contributed by atoms with van der Waals surface area (Å²) in [4.78, 5) is 59.1. The van der Waals surface area contributed by atoms with E-state index in [0.29, 0.717) is 5.56 Å². The molecule has 0 fully saturated rings. The number of benzene rings is 1. The van der Waals surface area contributed by atoms with Gasteiger partial charge in [-0.1, -0.05) is 30.3 Å². The molecule has 12 nitrogen and oxygen atoms in total. The quantitative estimate of drug-likeness (QED) is 0.168. The number of rotatable bonds is 13. The first-order valence-corrected chi connectivity index (χ1v) is 9.43. The highest BCUT2D eigenvalue weighted by Crippen LogP contribution is 2.06. The van der Waals surface area contributed by atoms with Gasteiger partial charge in [0.15, 0.2) is 0 Å². The second-order valence-corrected chi connectivity index (χ2v) is 6.72. The number of amides is 4. The van der Waals surface area contributed by atoms with E-state index in [-0.39, 0.29) is 19.3 Å². The van der Waals surface area contributed by atoms with Crippen LogP contribution in [0.5, 0.6) is 0 Å². The van der Waals surface area contributed by atoms with Crippen LogP contribution < -0.4 is 27.4 Å². The number of nitrogens with two attached hydrogens (primary N) is 2. The van der Waals surface area contributed by atoms with Gasteiger partial charge in [0.25, 0.3) is 0 Å². The molecule has 0 saturated carbocycles. The van der Waals surface area contributed by atoms with Crippen molar-refractivity contribution in [2.24, 2.45) is 11.5 Å². The molecule has 0 saturated heterocycles. The van der Waals surface area contributed by atoms with Crippen LogP contribution in [-0.2, 0) is 30.4 Å². The summed E-state index contributed by atoms with van der Waals surface area (Å²) in [7, 11) is 0. The van der Waals surface area contributed by atoms with Crippen LogP contribution >= 0.6 is 0 Å². The third-order valence-corrected chi connectivity index (χ3v) is 4.18. The van der Waals surface area contributed by atoms with E-state index in [9.17, 15) is 24.0 Å². The predicted octanol–water partition coefficient (Wildman–Crippen LogP) is -3.02. The van der Waals surface area contributed by atoms with Gasteiger partial charge in [0.2, 0.25) is 23.6 Å². The lowest BCUT2D eigenvalue weighted by Gasteiger charge is -2.23. The van der Waals surface area contributed by atoms with Crippen molar-refractivity contribution in [1.29, 1.82) is 0 Å². The Morgan fingerprint density at radius 1 is 0.935 bits per heavy atom. The summed E-state index contributed by atoms with van der Waals surface area (Å²) in [5.74, 6) is -4.35. The highest BCUT2D eigenvalue weighted by molar-refractivity contribution is 5.94. The van der Waals surface area contributed by atoms with Crippen LogP contribution in [0.4, 0.5) is 0 Å². The first-order chi connectivity index (χ1) is 14.6. The van der Waals surface area contributed by atoms with Crippen LogP contribution in [-0.4, -0.2) is 71.1 Å². The van der Waals surface area contributed by atoms with Gasteiger partial charge in [-0.2, -0.15) is 0 Å². The number of aliphatic hydroxyl groups excluding tert-OH is 1. The lowest BCUT2D eigenvalue weighted by Crippen LogP contribution is -2.57. The van der Waals surface area contributed by atoms with E-state index in [2.05, 4.69) is 16.0 Å². The summed E-state index contributed by atoms with van der Waals surface area (Å²) >= 11 is 0. The fraction of sp³-hybridized carbons (Fsp3) is 0.421. The Morgan fingerprint density at radius 3 is 2.10 bits per heavy atom. The summed E-state index contributed by atoms with van der Waals surface area (Å²) in [5, 5.41) is 24.7. The number of primary amides is 1. The molecule has 0 aliphatic carbocycles. The van der Waals surface area contributed by atoms with Gasteiger partial charge in [-0.25, -0.2) is 0 Å². The molecule has 0 radical (unpaired) electrons. The van der Waals surface area contributed by atoms with Crippen molar-refractivity contribution < 1.29 is 34.2 Å². The van der Waals surface area contributed by atoms with Crippen molar-refractivity contribution in [2.75, 3.05) is 13.2 Å². The zero-order valence-electron chi connectivity index (χ0n) is 16.7. The second-order valence-electron chi connectivity index (χ2n) is 6.72. The molecule has 9 N–H and O–H groups in total. The zero-order valence-corrected chi connectivity index (χ0v) is 16.7. The normalized spacial score (nSPS) is 13.4. The molecular formula is C19H27N5O7. The Labute approximate surface area is 178 Å². The zero-order chi connectivity index (χ0) is 23.4. The number of carbonyl (C=O) groups excluding carboxylic acids is 4. The van der Waals surface area contributed by atoms with Gasteiger partial charge in [-0.3, -0.25) is 24.0 Å². The standard InChI is InChI=1S/C19H27N5O7/c20-12(10-25)17(29)23-13(6-7-15(21)26)19(31)24-14(18(30)22-9-16(27)28)8-11-4-2-1-3-5-11/h1-5,12-14,25H,6-10,20H2,(H2,21,26)(H,22,30)(H,23,29)(H,24,31)(H,27,28). The van der Waals surface area contributed by atoms with E-state index in [1.807, 2.05) is 0 Å². The molecule has 0 spiro atoms. The Morgan fingerprint density at radius 2 is 1.55 bits per heavy atom. The molecule has 0 bridgehead atoms. The van der Waals surface area contributed by atoms with Gasteiger partial charge in [0.05, 0.1) is 6.61 Å². The lowest BCUT2D eigenvalue weighted by molar-refractivity contribution is -0.138. The number of aliphatic hydroxyl groups is 1. The van der Waals surface area contributed by atoms with Gasteiger partial charge in [-0.05, 0) is 12.0 Å². The predicted molar refractivity (Wildman–Crippen MR) is 108 cm³/mol. The highest BCUT2D eigenvalue weighted by atomic mass is 16.4. The minimum atomic E-state index is -1.29. The number of hydrogen-bond acceptors (Lipinski definition) is 7. The third kappa shape index (κ3) is 9.69. The Kier molecular flexibility index (Phi) is 10.6. The van der Waals surface area contributed by atoms with Crippen molar-refractivity contribution in [1.82, 2.24) is 16.0 Å². The summed E-state index contributed by atoms with van der Waals surface area (Å²) < 4.78 is 0. The molecule has 1 rings (SSSR count). The largest absolute Gasteiger partial charge is 0.480 e. The van der Waals surface area contributed by atoms with Crippen LogP contribution in [0.25, 0.3) is 0 Å². The fourth-order valence-corrected chi connectivity index (χ4v) is 2.53. The molecule has 0 aliphatic rings. The van der Waals surface area contributed by atoms with Gasteiger partial charge in [0.1, 0.15) is 24.7 Å². The van der Waals surface area contributed by atoms with Gasteiger partial charge >= 0.3 is 5.97 Å². The summed E-state index contributed by atoms with van der Waals surface area (Å²) in [5.41, 5.74) is 11.2. The topological polar surface area (TPSA) is 214 Å². The molecule has 4 amide bonds. The number of nitrogens with one attached hydrogen (secondary N) is 3. The molecule has 0 heterocycles. The van der Waals surface area contributed by atoms with Crippen LogP contribution in [0.3, 0.4) is 0 Å². The number of carboxylic acids is 1. The molecule has 1 aromatic carbocycles. The second kappa shape index (κ2) is 12.9. The average Bonchev–Trinajstić information content (AvgIpc) is 2.73. The molecule has 1 aromatic rings. The van der Waals surface area contributed by atoms with Crippen molar-refractivity contribution >= 4 is 29.6 Å². The monoisotopic (exact) mass is 437 g/mol. The Balaban J connectivity index is 2.99. The summed E-state index contributed by atoms with van der Waals surface area (Å²) in [6.07, 6.45) is -0.355. The molecule has 0 aliphatic heterocycles. The van der Waals surface area contributed by atoms with Crippen LogP contribution in [0.2, 0.25) is 0 Å². The first-order valence-electron chi connectivity index (χ1n) is 9.43. The van der Waals surface area contributed by atoms with Gasteiger partial charge < -0.3 is 37.6 Å². The maximum Gasteiger partial charge on any atom is 0.322 e. The molecule has 3 atom stereocenters. The summed E-state index contributed by atoms with van der Waals surface area (Å²) in [6.45, 7) is -1.31. The van der Waals surface area contributed by atoms with Crippen LogP contribution in [0, 0.1) is 0 Å². The van der Waals surface area contributed by atoms with Crippen molar-refractivity contribution in [3.8, 4) is 0 Å². The molecule has 12 heteroatoms. The number of carboxylic acid groups (broad SMARTS) is 1.